The number of furan rings is 1. The molecule has 2 heterocycles. The van der Waals surface area contributed by atoms with Gasteiger partial charge in [-0.3, -0.25) is 4.98 Å². The van der Waals surface area contributed by atoms with Crippen LogP contribution in [0.25, 0.3) is 22.1 Å². The summed E-state index contributed by atoms with van der Waals surface area (Å²) in [6.45, 7) is 0. The van der Waals surface area contributed by atoms with Gasteiger partial charge in [-0.25, -0.2) is 0 Å². The Morgan fingerprint density at radius 3 is 2.58 bits per heavy atom. The summed E-state index contributed by atoms with van der Waals surface area (Å²) in [5.41, 5.74) is 14.1. The van der Waals surface area contributed by atoms with Gasteiger partial charge in [0.1, 0.15) is 5.69 Å². The number of nitrogen functional groups attached to an aromatic ring is 2. The first-order valence-corrected chi connectivity index (χ1v) is 6.20. The number of nitrogens with two attached hydrogens (primary N) is 2. The number of aromatic nitrogens is 1. The van der Waals surface area contributed by atoms with E-state index in [0.717, 1.165) is 11.1 Å². The fourth-order valence-corrected chi connectivity index (χ4v) is 2.52. The van der Waals surface area contributed by atoms with E-state index < -0.39 is 0 Å². The number of nitrogens with zero attached hydrogens (tertiary/aromatic N) is 1. The highest BCUT2D eigenvalue weighted by Gasteiger charge is 2.16. The van der Waals surface area contributed by atoms with Crippen molar-refractivity contribution in [3.63, 3.8) is 0 Å². The largest absolute Gasteiger partial charge is 0.437 e. The summed E-state index contributed by atoms with van der Waals surface area (Å²) in [6, 6.07) is 5.22. The zero-order valence-corrected chi connectivity index (χ0v) is 11.2. The molecular weight excluding hydrogens is 285 g/mol. The predicted molar refractivity (Wildman–Crippen MR) is 78.3 cm³/mol. The van der Waals surface area contributed by atoms with E-state index in [1.54, 1.807) is 24.5 Å². The summed E-state index contributed by atoms with van der Waals surface area (Å²) < 4.78 is 5.35. The van der Waals surface area contributed by atoms with Gasteiger partial charge >= 0.3 is 0 Å². The minimum Gasteiger partial charge on any atom is -0.437 e. The van der Waals surface area contributed by atoms with Gasteiger partial charge < -0.3 is 15.9 Å². The Morgan fingerprint density at radius 1 is 1.05 bits per heavy atom. The monoisotopic (exact) mass is 293 g/mol. The molecule has 0 bridgehead atoms. The number of fused-ring (bicyclic) bond motifs is 1. The lowest BCUT2D eigenvalue weighted by Crippen LogP contribution is -1.91. The molecule has 0 amide bonds. The molecule has 19 heavy (non-hydrogen) atoms. The van der Waals surface area contributed by atoms with Crippen molar-refractivity contribution in [2.24, 2.45) is 0 Å². The van der Waals surface area contributed by atoms with Crippen LogP contribution in [-0.2, 0) is 0 Å². The molecule has 1 aromatic carbocycles. The number of anilines is 2. The van der Waals surface area contributed by atoms with Gasteiger partial charge in [0.2, 0.25) is 5.88 Å². The van der Waals surface area contributed by atoms with Crippen LogP contribution in [0.15, 0.2) is 35.0 Å². The van der Waals surface area contributed by atoms with Gasteiger partial charge in [-0.15, -0.1) is 0 Å². The zero-order chi connectivity index (χ0) is 13.6. The molecule has 0 saturated carbocycles. The molecule has 3 aromatic rings. The van der Waals surface area contributed by atoms with E-state index in [1.165, 1.54) is 0 Å². The normalized spacial score (nSPS) is 11.1. The maximum Gasteiger partial charge on any atom is 0.214 e. The second-order valence-corrected chi connectivity index (χ2v) is 4.91. The van der Waals surface area contributed by atoms with Crippen LogP contribution < -0.4 is 11.5 Å². The van der Waals surface area contributed by atoms with Gasteiger partial charge in [-0.2, -0.15) is 0 Å². The van der Waals surface area contributed by atoms with Crippen LogP contribution in [0, 0.1) is 0 Å². The Kier molecular flexibility index (Phi) is 2.77. The van der Waals surface area contributed by atoms with E-state index in [0.29, 0.717) is 26.7 Å². The number of halogens is 2. The van der Waals surface area contributed by atoms with Crippen LogP contribution in [0.3, 0.4) is 0 Å². The van der Waals surface area contributed by atoms with E-state index >= 15 is 0 Å². The summed E-state index contributed by atoms with van der Waals surface area (Å²) in [6.07, 6.45) is 3.23. The molecule has 3 rings (SSSR count). The van der Waals surface area contributed by atoms with E-state index in [1.807, 2.05) is 6.07 Å². The quantitative estimate of drug-likeness (QED) is 0.712. The van der Waals surface area contributed by atoms with Crippen molar-refractivity contribution in [2.75, 3.05) is 11.5 Å². The second kappa shape index (κ2) is 4.33. The van der Waals surface area contributed by atoms with Crippen LogP contribution in [-0.4, -0.2) is 4.98 Å². The molecule has 2 aromatic heterocycles. The van der Waals surface area contributed by atoms with Crippen molar-refractivity contribution in [1.82, 2.24) is 4.98 Å². The standard InChI is InChI=1S/C13H9Cl2N3O/c14-6-1-2-7(9(15)3-6)8-4-18-5-10-11(8)12(16)13(17)19-10/h1-5H,16-17H2. The number of hydrogen-bond acceptors (Lipinski definition) is 4. The van der Waals surface area contributed by atoms with Gasteiger partial charge in [0, 0.05) is 27.4 Å². The molecule has 0 unspecified atom stereocenters. The first-order valence-electron chi connectivity index (χ1n) is 5.45. The Balaban J connectivity index is 2.36. The van der Waals surface area contributed by atoms with Gasteiger partial charge in [0.25, 0.3) is 0 Å². The Morgan fingerprint density at radius 2 is 1.84 bits per heavy atom. The molecule has 4 nitrogen and oxygen atoms in total. The molecule has 0 atom stereocenters. The fraction of sp³-hybridized carbons (Fsp3) is 0. The average molecular weight is 294 g/mol. The molecule has 0 spiro atoms. The topological polar surface area (TPSA) is 78.1 Å². The molecule has 0 aliphatic heterocycles. The summed E-state index contributed by atoms with van der Waals surface area (Å²) >= 11 is 12.1. The van der Waals surface area contributed by atoms with Crippen molar-refractivity contribution >= 4 is 45.7 Å². The summed E-state index contributed by atoms with van der Waals surface area (Å²) in [7, 11) is 0. The number of rotatable bonds is 1. The highest BCUT2D eigenvalue weighted by molar-refractivity contribution is 6.36. The van der Waals surface area contributed by atoms with Crippen molar-refractivity contribution in [2.45, 2.75) is 0 Å². The number of hydrogen-bond donors (Lipinski definition) is 2. The van der Waals surface area contributed by atoms with Crippen molar-refractivity contribution in [3.8, 4) is 11.1 Å². The van der Waals surface area contributed by atoms with Crippen LogP contribution >= 0.6 is 23.2 Å². The van der Waals surface area contributed by atoms with Crippen LogP contribution in [0.2, 0.25) is 10.0 Å². The van der Waals surface area contributed by atoms with E-state index in [4.69, 9.17) is 39.1 Å². The predicted octanol–water partition coefficient (Wildman–Crippen LogP) is 3.97. The lowest BCUT2D eigenvalue weighted by Gasteiger charge is -2.06. The molecule has 0 fully saturated rings. The second-order valence-electron chi connectivity index (χ2n) is 4.06. The SMILES string of the molecule is Nc1oc2cncc(-c3ccc(Cl)cc3Cl)c2c1N. The summed E-state index contributed by atoms with van der Waals surface area (Å²) in [5, 5.41) is 1.78. The maximum absolute atomic E-state index is 6.21. The van der Waals surface area contributed by atoms with Gasteiger partial charge in [-0.05, 0) is 12.1 Å². The van der Waals surface area contributed by atoms with E-state index in [2.05, 4.69) is 4.98 Å². The smallest absolute Gasteiger partial charge is 0.214 e. The third-order valence-electron chi connectivity index (χ3n) is 2.89. The molecular formula is C13H9Cl2N3O. The van der Waals surface area contributed by atoms with Crippen LogP contribution in [0.4, 0.5) is 11.6 Å². The number of benzene rings is 1. The lowest BCUT2D eigenvalue weighted by atomic mass is 10.0. The summed E-state index contributed by atoms with van der Waals surface area (Å²) in [5.74, 6) is 0.175. The minimum atomic E-state index is 0.175. The van der Waals surface area contributed by atoms with Gasteiger partial charge in [0.15, 0.2) is 5.58 Å². The third-order valence-corrected chi connectivity index (χ3v) is 3.43. The Labute approximate surface area is 118 Å². The first-order chi connectivity index (χ1) is 9.08. The maximum atomic E-state index is 6.21. The van der Waals surface area contributed by atoms with Crippen LogP contribution in [0.5, 0.6) is 0 Å². The van der Waals surface area contributed by atoms with Gasteiger partial charge in [-0.1, -0.05) is 29.3 Å². The molecule has 4 N–H and O–H groups in total. The molecule has 0 radical (unpaired) electrons. The molecule has 0 aliphatic carbocycles. The van der Waals surface area contributed by atoms with Crippen molar-refractivity contribution in [1.29, 1.82) is 0 Å². The minimum absolute atomic E-state index is 0.175. The molecule has 6 heteroatoms. The van der Waals surface area contributed by atoms with Gasteiger partial charge in [0.05, 0.1) is 11.6 Å². The fourth-order valence-electron chi connectivity index (χ4n) is 2.01. The highest BCUT2D eigenvalue weighted by Crippen LogP contribution is 2.40. The lowest BCUT2D eigenvalue weighted by molar-refractivity contribution is 0.637. The molecule has 0 saturated heterocycles. The Hall–Kier alpha value is -1.91. The van der Waals surface area contributed by atoms with Crippen LogP contribution in [0.1, 0.15) is 0 Å². The third kappa shape index (κ3) is 1.89. The van der Waals surface area contributed by atoms with E-state index in [9.17, 15) is 0 Å². The van der Waals surface area contributed by atoms with E-state index in [-0.39, 0.29) is 5.88 Å². The average Bonchev–Trinajstić information content (AvgIpc) is 2.65. The zero-order valence-electron chi connectivity index (χ0n) is 9.65. The highest BCUT2D eigenvalue weighted by atomic mass is 35.5. The Bertz CT molecular complexity index is 783. The van der Waals surface area contributed by atoms with Crippen molar-refractivity contribution in [3.05, 3.63) is 40.6 Å². The molecule has 96 valence electrons. The molecule has 0 aliphatic rings. The summed E-state index contributed by atoms with van der Waals surface area (Å²) in [4.78, 5) is 4.11. The first kappa shape index (κ1) is 12.1. The number of pyridine rings is 1. The van der Waals surface area contributed by atoms with Crippen molar-refractivity contribution < 1.29 is 4.42 Å².